The van der Waals surface area contributed by atoms with Gasteiger partial charge in [-0.05, 0) is 67.9 Å². The first-order valence-corrected chi connectivity index (χ1v) is 12.4. The van der Waals surface area contributed by atoms with E-state index in [0.29, 0.717) is 24.9 Å². The van der Waals surface area contributed by atoms with Crippen molar-refractivity contribution in [3.63, 3.8) is 0 Å². The third kappa shape index (κ3) is 4.62. The SMILES string of the molecule is C[C@]1(CO)[C@H]2CC[C@@H](O)[C@@H](CC(=O)N3CCCC3)[C@]2(C)CC[C@H]1OC(=O)Nc1ccccc1. The molecule has 0 radical (unpaired) electrons. The Labute approximate surface area is 196 Å². The van der Waals surface area contributed by atoms with E-state index in [4.69, 9.17) is 4.74 Å². The van der Waals surface area contributed by atoms with Gasteiger partial charge in [0.25, 0.3) is 0 Å². The summed E-state index contributed by atoms with van der Waals surface area (Å²) in [7, 11) is 0. The molecule has 33 heavy (non-hydrogen) atoms. The Bertz CT molecular complexity index is 842. The number of fused-ring (bicyclic) bond motifs is 1. The van der Waals surface area contributed by atoms with Crippen LogP contribution in [0.15, 0.2) is 30.3 Å². The molecular formula is C26H38N2O5. The molecule has 1 aromatic carbocycles. The van der Waals surface area contributed by atoms with E-state index in [9.17, 15) is 19.8 Å². The average molecular weight is 459 g/mol. The number of para-hydroxylation sites is 1. The normalized spacial score (nSPS) is 36.2. The molecule has 2 amide bonds. The maximum Gasteiger partial charge on any atom is 0.411 e. The zero-order chi connectivity index (χ0) is 23.6. The molecule has 1 aromatic rings. The lowest BCUT2D eigenvalue weighted by Crippen LogP contribution is -2.61. The number of hydrogen-bond donors (Lipinski definition) is 3. The Morgan fingerprint density at radius 1 is 1.12 bits per heavy atom. The second kappa shape index (κ2) is 9.63. The van der Waals surface area contributed by atoms with Gasteiger partial charge in [0.15, 0.2) is 0 Å². The Morgan fingerprint density at radius 3 is 2.48 bits per heavy atom. The fourth-order valence-electron chi connectivity index (χ4n) is 6.86. The van der Waals surface area contributed by atoms with Crippen molar-refractivity contribution >= 4 is 17.7 Å². The molecule has 182 valence electrons. The molecule has 7 heteroatoms. The number of aliphatic hydroxyl groups excluding tert-OH is 2. The smallest absolute Gasteiger partial charge is 0.411 e. The Kier molecular flexibility index (Phi) is 7.01. The number of nitrogens with zero attached hydrogens (tertiary/aromatic N) is 1. The molecule has 2 saturated carbocycles. The zero-order valence-corrected chi connectivity index (χ0v) is 19.8. The van der Waals surface area contributed by atoms with Gasteiger partial charge in [-0.3, -0.25) is 10.1 Å². The third-order valence-corrected chi connectivity index (χ3v) is 8.80. The van der Waals surface area contributed by atoms with Crippen LogP contribution < -0.4 is 5.32 Å². The van der Waals surface area contributed by atoms with Crippen LogP contribution in [-0.4, -0.2) is 59.0 Å². The molecule has 0 bridgehead atoms. The lowest BCUT2D eigenvalue weighted by Gasteiger charge is -2.60. The van der Waals surface area contributed by atoms with E-state index in [-0.39, 0.29) is 29.8 Å². The maximum atomic E-state index is 13.0. The summed E-state index contributed by atoms with van der Waals surface area (Å²) in [5.74, 6) is 0.0112. The molecule has 0 aromatic heterocycles. The number of carbonyl (C=O) groups excluding carboxylic acids is 2. The van der Waals surface area contributed by atoms with Crippen LogP contribution in [0.1, 0.15) is 58.8 Å². The van der Waals surface area contributed by atoms with Gasteiger partial charge in [0, 0.05) is 30.6 Å². The summed E-state index contributed by atoms with van der Waals surface area (Å²) in [6.45, 7) is 5.66. The van der Waals surface area contributed by atoms with Crippen LogP contribution in [0.3, 0.4) is 0 Å². The molecule has 3 N–H and O–H groups in total. The predicted molar refractivity (Wildman–Crippen MR) is 126 cm³/mol. The largest absolute Gasteiger partial charge is 0.445 e. The lowest BCUT2D eigenvalue weighted by molar-refractivity contribution is -0.186. The van der Waals surface area contributed by atoms with Crippen molar-refractivity contribution < 1.29 is 24.5 Å². The van der Waals surface area contributed by atoms with Crippen molar-refractivity contribution in [1.82, 2.24) is 4.90 Å². The number of amides is 2. The maximum absolute atomic E-state index is 13.0. The van der Waals surface area contributed by atoms with Crippen molar-refractivity contribution in [1.29, 1.82) is 0 Å². The van der Waals surface area contributed by atoms with Gasteiger partial charge >= 0.3 is 6.09 Å². The standard InChI is InChI=1S/C26H38N2O5/c1-25-13-12-22(33-24(32)27-18-8-4-3-5-9-18)26(2,17-29)21(25)11-10-20(30)19(25)16-23(31)28-14-6-7-15-28/h3-5,8-9,19-22,29-30H,6-7,10-17H2,1-2H3,(H,27,32)/t19-,20-,21+,22-,25+,26+/m1/s1. The van der Waals surface area contributed by atoms with Gasteiger partial charge in [-0.2, -0.15) is 0 Å². The van der Waals surface area contributed by atoms with Crippen LogP contribution in [0, 0.1) is 22.7 Å². The van der Waals surface area contributed by atoms with Crippen molar-refractivity contribution in [2.75, 3.05) is 25.0 Å². The molecule has 3 fully saturated rings. The van der Waals surface area contributed by atoms with Crippen molar-refractivity contribution in [2.24, 2.45) is 22.7 Å². The number of hydrogen-bond acceptors (Lipinski definition) is 5. The number of benzene rings is 1. The second-order valence-electron chi connectivity index (χ2n) is 10.7. The number of nitrogens with one attached hydrogen (secondary N) is 1. The van der Waals surface area contributed by atoms with Crippen LogP contribution in [0.25, 0.3) is 0 Å². The molecule has 4 rings (SSSR count). The summed E-state index contributed by atoms with van der Waals surface area (Å²) >= 11 is 0. The van der Waals surface area contributed by atoms with E-state index >= 15 is 0 Å². The van der Waals surface area contributed by atoms with Crippen LogP contribution in [-0.2, 0) is 9.53 Å². The Balaban J connectivity index is 1.50. The Hall–Kier alpha value is -2.12. The summed E-state index contributed by atoms with van der Waals surface area (Å²) in [4.78, 5) is 27.5. The highest BCUT2D eigenvalue weighted by atomic mass is 16.6. The number of anilines is 1. The van der Waals surface area contributed by atoms with Gasteiger partial charge in [-0.25, -0.2) is 4.79 Å². The Morgan fingerprint density at radius 2 is 1.82 bits per heavy atom. The molecule has 3 aliphatic rings. The predicted octanol–water partition coefficient (Wildman–Crippen LogP) is 3.80. The molecule has 7 nitrogen and oxygen atoms in total. The number of likely N-dealkylation sites (tertiary alicyclic amines) is 1. The van der Waals surface area contributed by atoms with E-state index in [1.54, 1.807) is 12.1 Å². The summed E-state index contributed by atoms with van der Waals surface area (Å²) in [5, 5.41) is 24.3. The third-order valence-electron chi connectivity index (χ3n) is 8.80. The van der Waals surface area contributed by atoms with E-state index in [0.717, 1.165) is 38.8 Å². The minimum Gasteiger partial charge on any atom is -0.445 e. The zero-order valence-electron chi connectivity index (χ0n) is 19.8. The monoisotopic (exact) mass is 458 g/mol. The van der Waals surface area contributed by atoms with Gasteiger partial charge < -0.3 is 19.8 Å². The molecular weight excluding hydrogens is 420 g/mol. The molecule has 6 atom stereocenters. The summed E-state index contributed by atoms with van der Waals surface area (Å²) in [5.41, 5.74) is -0.286. The number of ether oxygens (including phenoxy) is 1. The fraction of sp³-hybridized carbons (Fsp3) is 0.692. The highest BCUT2D eigenvalue weighted by Gasteiger charge is 2.60. The van der Waals surface area contributed by atoms with Crippen molar-refractivity contribution in [3.05, 3.63) is 30.3 Å². The van der Waals surface area contributed by atoms with E-state index in [1.165, 1.54) is 0 Å². The first kappa shape index (κ1) is 24.0. The topological polar surface area (TPSA) is 99.1 Å². The quantitative estimate of drug-likeness (QED) is 0.623. The molecule has 2 aliphatic carbocycles. The van der Waals surface area contributed by atoms with E-state index < -0.39 is 23.7 Å². The molecule has 1 aliphatic heterocycles. The summed E-state index contributed by atoms with van der Waals surface area (Å²) < 4.78 is 5.87. The van der Waals surface area contributed by atoms with E-state index in [1.807, 2.05) is 30.0 Å². The molecule has 0 unspecified atom stereocenters. The number of carbonyl (C=O) groups is 2. The molecule has 1 heterocycles. The minimum absolute atomic E-state index is 0.0399. The van der Waals surface area contributed by atoms with Crippen LogP contribution >= 0.6 is 0 Å². The minimum atomic E-state index is -0.643. The number of aliphatic hydroxyl groups is 2. The molecule has 0 spiro atoms. The van der Waals surface area contributed by atoms with Crippen LogP contribution in [0.5, 0.6) is 0 Å². The molecule has 1 saturated heterocycles. The van der Waals surface area contributed by atoms with E-state index in [2.05, 4.69) is 12.2 Å². The first-order valence-electron chi connectivity index (χ1n) is 12.4. The average Bonchev–Trinajstić information content (AvgIpc) is 3.34. The highest BCUT2D eigenvalue weighted by molar-refractivity contribution is 5.84. The number of rotatable bonds is 5. The second-order valence-corrected chi connectivity index (χ2v) is 10.7. The van der Waals surface area contributed by atoms with Crippen LogP contribution in [0.4, 0.5) is 10.5 Å². The van der Waals surface area contributed by atoms with Gasteiger partial charge in [0.2, 0.25) is 5.91 Å². The lowest BCUT2D eigenvalue weighted by atomic mass is 9.46. The fourth-order valence-corrected chi connectivity index (χ4v) is 6.86. The van der Waals surface area contributed by atoms with Crippen molar-refractivity contribution in [2.45, 2.75) is 71.0 Å². The highest BCUT2D eigenvalue weighted by Crippen LogP contribution is 2.61. The van der Waals surface area contributed by atoms with Crippen LogP contribution in [0.2, 0.25) is 0 Å². The summed E-state index contributed by atoms with van der Waals surface area (Å²) in [6, 6.07) is 9.17. The first-order chi connectivity index (χ1) is 15.8. The van der Waals surface area contributed by atoms with Gasteiger partial charge in [0.1, 0.15) is 6.10 Å². The van der Waals surface area contributed by atoms with Gasteiger partial charge in [-0.1, -0.05) is 32.0 Å². The van der Waals surface area contributed by atoms with Gasteiger partial charge in [0.05, 0.1) is 12.7 Å². The van der Waals surface area contributed by atoms with Gasteiger partial charge in [-0.15, -0.1) is 0 Å². The van der Waals surface area contributed by atoms with Crippen molar-refractivity contribution in [3.8, 4) is 0 Å². The summed E-state index contributed by atoms with van der Waals surface area (Å²) in [6.07, 6.45) is 3.62.